The van der Waals surface area contributed by atoms with Gasteiger partial charge in [-0.2, -0.15) is 0 Å². The second kappa shape index (κ2) is 9.62. The Balaban J connectivity index is 1.63. The monoisotopic (exact) mass is 496 g/mol. The number of fused-ring (bicyclic) bond motifs is 1. The summed E-state index contributed by atoms with van der Waals surface area (Å²) in [5.41, 5.74) is 4.89. The Kier molecular flexibility index (Phi) is 6.83. The number of thiazole rings is 1. The van der Waals surface area contributed by atoms with Gasteiger partial charge in [0.25, 0.3) is 5.56 Å². The van der Waals surface area contributed by atoms with Gasteiger partial charge in [-0.15, -0.1) is 29.3 Å². The zero-order valence-corrected chi connectivity index (χ0v) is 21.4. The summed E-state index contributed by atoms with van der Waals surface area (Å²) in [5, 5.41) is 5.74. The van der Waals surface area contributed by atoms with Crippen LogP contribution in [0.4, 0.5) is 10.8 Å². The van der Waals surface area contributed by atoms with Crippen LogP contribution in [-0.2, 0) is 17.1 Å². The molecule has 0 fully saturated rings. The molecule has 4 rings (SSSR count). The normalized spacial score (nSPS) is 11.2. The second-order valence-corrected chi connectivity index (χ2v) is 10.4. The van der Waals surface area contributed by atoms with Gasteiger partial charge in [0.2, 0.25) is 5.91 Å². The summed E-state index contributed by atoms with van der Waals surface area (Å²) in [7, 11) is 0. The number of hydrogen-bond acceptors (Lipinski definition) is 7. The van der Waals surface area contributed by atoms with Crippen LogP contribution in [0.15, 0.2) is 51.6 Å². The van der Waals surface area contributed by atoms with E-state index in [9.17, 15) is 9.59 Å². The minimum absolute atomic E-state index is 0.0595. The van der Waals surface area contributed by atoms with Crippen LogP contribution in [-0.4, -0.2) is 20.4 Å². The van der Waals surface area contributed by atoms with E-state index in [-0.39, 0.29) is 11.5 Å². The number of carbonyl (C=O) groups is 1. The molecular formula is C24H24N4O2S3. The van der Waals surface area contributed by atoms with Crippen LogP contribution in [0, 0.1) is 20.8 Å². The van der Waals surface area contributed by atoms with Crippen LogP contribution in [0.1, 0.15) is 29.3 Å². The van der Waals surface area contributed by atoms with Crippen molar-refractivity contribution >= 4 is 61.4 Å². The Morgan fingerprint density at radius 1 is 1.21 bits per heavy atom. The Hall–Kier alpha value is -2.75. The van der Waals surface area contributed by atoms with Crippen LogP contribution in [0.25, 0.3) is 10.2 Å². The molecule has 3 heterocycles. The lowest BCUT2D eigenvalue weighted by atomic mass is 10.0. The first kappa shape index (κ1) is 23.4. The first-order chi connectivity index (χ1) is 15.8. The standard InChI is InChI=1S/C24H24N4O2S3/c1-6-8-27-22(30)19-7-9-31-21(19)26-23(27)32-12-18-13-33-24(25-18)28(17(5)29)20-15(3)10-14(2)11-16(20)4/h6-7,9-11,13H,1,8,12H2,2-5H3. The first-order valence-electron chi connectivity index (χ1n) is 10.3. The number of nitrogens with zero attached hydrogens (tertiary/aromatic N) is 4. The van der Waals surface area contributed by atoms with Crippen LogP contribution >= 0.6 is 34.4 Å². The quantitative estimate of drug-likeness (QED) is 0.178. The molecule has 33 heavy (non-hydrogen) atoms. The van der Waals surface area contributed by atoms with Gasteiger partial charge in [0, 0.05) is 24.6 Å². The van der Waals surface area contributed by atoms with Crippen molar-refractivity contribution in [2.75, 3.05) is 4.90 Å². The topological polar surface area (TPSA) is 68.1 Å². The predicted octanol–water partition coefficient (Wildman–Crippen LogP) is 6.00. The highest BCUT2D eigenvalue weighted by atomic mass is 32.2. The number of thiophene rings is 1. The molecule has 0 bridgehead atoms. The minimum atomic E-state index is -0.0803. The molecule has 0 radical (unpaired) electrons. The molecule has 1 aromatic carbocycles. The molecule has 0 unspecified atom stereocenters. The van der Waals surface area contributed by atoms with E-state index in [4.69, 9.17) is 4.98 Å². The maximum absolute atomic E-state index is 12.8. The molecule has 0 aliphatic heterocycles. The summed E-state index contributed by atoms with van der Waals surface area (Å²) in [4.78, 5) is 37.3. The van der Waals surface area contributed by atoms with Crippen LogP contribution < -0.4 is 10.5 Å². The zero-order valence-electron chi connectivity index (χ0n) is 18.9. The number of benzene rings is 1. The number of rotatable bonds is 7. The molecule has 0 atom stereocenters. The molecular weight excluding hydrogens is 472 g/mol. The summed E-state index contributed by atoms with van der Waals surface area (Å²) in [6, 6.07) is 5.96. The van der Waals surface area contributed by atoms with Gasteiger partial charge in [-0.25, -0.2) is 9.97 Å². The van der Waals surface area contributed by atoms with Crippen molar-refractivity contribution in [1.29, 1.82) is 0 Å². The number of carbonyl (C=O) groups excluding carboxylic acids is 1. The molecule has 9 heteroatoms. The number of aryl methyl sites for hydroxylation is 3. The highest BCUT2D eigenvalue weighted by molar-refractivity contribution is 7.98. The van der Waals surface area contributed by atoms with Crippen molar-refractivity contribution in [2.24, 2.45) is 0 Å². The van der Waals surface area contributed by atoms with Crippen LogP contribution in [0.3, 0.4) is 0 Å². The van der Waals surface area contributed by atoms with E-state index in [1.807, 2.05) is 37.6 Å². The molecule has 1 amide bonds. The third-order valence-corrected chi connectivity index (χ3v) is 7.81. The SMILES string of the molecule is C=CCn1c(SCc2csc(N(C(C)=O)c3c(C)cc(C)cc3C)n2)nc2sccc2c1=O. The van der Waals surface area contributed by atoms with Gasteiger partial charge in [-0.05, 0) is 43.3 Å². The first-order valence-corrected chi connectivity index (χ1v) is 13.1. The molecule has 6 nitrogen and oxygen atoms in total. The molecule has 0 saturated heterocycles. The van der Waals surface area contributed by atoms with Crippen molar-refractivity contribution in [3.05, 3.63) is 74.4 Å². The second-order valence-electron chi connectivity index (χ2n) is 7.75. The van der Waals surface area contributed by atoms with E-state index in [0.717, 1.165) is 32.9 Å². The Morgan fingerprint density at radius 3 is 2.61 bits per heavy atom. The van der Waals surface area contributed by atoms with Gasteiger partial charge in [0.05, 0.1) is 16.8 Å². The highest BCUT2D eigenvalue weighted by Gasteiger charge is 2.22. The van der Waals surface area contributed by atoms with E-state index in [1.54, 1.807) is 22.5 Å². The number of allylic oxidation sites excluding steroid dienone is 1. The van der Waals surface area contributed by atoms with Crippen LogP contribution in [0.5, 0.6) is 0 Å². The fourth-order valence-corrected chi connectivity index (χ4v) is 6.53. The lowest BCUT2D eigenvalue weighted by Gasteiger charge is -2.23. The number of aromatic nitrogens is 3. The van der Waals surface area contributed by atoms with E-state index in [0.29, 0.717) is 28.0 Å². The molecule has 3 aromatic heterocycles. The Labute approximate surface area is 204 Å². The number of hydrogen-bond donors (Lipinski definition) is 0. The minimum Gasteiger partial charge on any atom is -0.283 e. The summed E-state index contributed by atoms with van der Waals surface area (Å²) in [6.45, 7) is 11.8. The summed E-state index contributed by atoms with van der Waals surface area (Å²) in [5.74, 6) is 0.456. The van der Waals surface area contributed by atoms with Crippen molar-refractivity contribution in [3.8, 4) is 0 Å². The highest BCUT2D eigenvalue weighted by Crippen LogP contribution is 2.35. The maximum atomic E-state index is 12.8. The molecule has 0 spiro atoms. The van der Waals surface area contributed by atoms with Crippen molar-refractivity contribution in [1.82, 2.24) is 14.5 Å². The zero-order chi connectivity index (χ0) is 23.7. The molecule has 170 valence electrons. The third kappa shape index (κ3) is 4.66. The summed E-state index contributed by atoms with van der Waals surface area (Å²) in [6.07, 6.45) is 1.70. The van der Waals surface area contributed by atoms with Gasteiger partial charge < -0.3 is 0 Å². The lowest BCUT2D eigenvalue weighted by Crippen LogP contribution is -2.24. The van der Waals surface area contributed by atoms with Crippen LogP contribution in [0.2, 0.25) is 0 Å². The average Bonchev–Trinajstić information content (AvgIpc) is 3.40. The summed E-state index contributed by atoms with van der Waals surface area (Å²) >= 11 is 4.35. The smallest absolute Gasteiger partial charge is 0.263 e. The van der Waals surface area contributed by atoms with E-state index >= 15 is 0 Å². The van der Waals surface area contributed by atoms with Gasteiger partial charge >= 0.3 is 0 Å². The number of amides is 1. The van der Waals surface area contributed by atoms with Gasteiger partial charge in [0.1, 0.15) is 4.83 Å². The molecule has 0 N–H and O–H groups in total. The fraction of sp³-hybridized carbons (Fsp3) is 0.250. The number of anilines is 2. The van der Waals surface area contributed by atoms with E-state index < -0.39 is 0 Å². The van der Waals surface area contributed by atoms with Gasteiger partial charge in [-0.3, -0.25) is 19.1 Å². The molecule has 0 saturated carbocycles. The maximum Gasteiger partial charge on any atom is 0.263 e. The van der Waals surface area contributed by atoms with Gasteiger partial charge in [0.15, 0.2) is 10.3 Å². The molecule has 4 aromatic rings. The molecule has 0 aliphatic carbocycles. The van der Waals surface area contributed by atoms with Crippen molar-refractivity contribution in [2.45, 2.75) is 45.1 Å². The summed E-state index contributed by atoms with van der Waals surface area (Å²) < 4.78 is 1.64. The molecule has 0 aliphatic rings. The number of thioether (sulfide) groups is 1. The van der Waals surface area contributed by atoms with E-state index in [2.05, 4.69) is 23.7 Å². The largest absolute Gasteiger partial charge is 0.283 e. The van der Waals surface area contributed by atoms with Crippen molar-refractivity contribution in [3.63, 3.8) is 0 Å². The lowest BCUT2D eigenvalue weighted by molar-refractivity contribution is -0.115. The third-order valence-electron chi connectivity index (χ3n) is 5.11. The van der Waals surface area contributed by atoms with Gasteiger partial charge in [-0.1, -0.05) is 35.5 Å². The van der Waals surface area contributed by atoms with E-state index in [1.165, 1.54) is 34.4 Å². The fourth-order valence-electron chi connectivity index (χ4n) is 3.85. The Morgan fingerprint density at radius 2 is 1.94 bits per heavy atom. The average molecular weight is 497 g/mol. The Bertz CT molecular complexity index is 1390. The van der Waals surface area contributed by atoms with Crippen molar-refractivity contribution < 1.29 is 4.79 Å². The predicted molar refractivity (Wildman–Crippen MR) is 139 cm³/mol.